The van der Waals surface area contributed by atoms with E-state index in [1.807, 2.05) is 6.08 Å². The molecular formula is C12H15NO5. The monoisotopic (exact) mass is 253 g/mol. The first-order valence-electron chi connectivity index (χ1n) is 5.78. The zero-order valence-electron chi connectivity index (χ0n) is 10.3. The molecule has 98 valence electrons. The molecule has 0 aromatic carbocycles. The number of nitrogens with zero attached hydrogens (tertiary/aromatic N) is 1. The molecule has 2 aliphatic heterocycles. The molecule has 0 N–H and O–H groups in total. The van der Waals surface area contributed by atoms with E-state index in [2.05, 4.69) is 0 Å². The van der Waals surface area contributed by atoms with Crippen LogP contribution in [0.25, 0.3) is 0 Å². The Hall–Kier alpha value is -1.85. The lowest BCUT2D eigenvalue weighted by atomic mass is 10.1. The Morgan fingerprint density at radius 1 is 1.39 bits per heavy atom. The van der Waals surface area contributed by atoms with Gasteiger partial charge in [-0.1, -0.05) is 6.08 Å². The minimum absolute atomic E-state index is 0.0414. The zero-order valence-corrected chi connectivity index (χ0v) is 10.3. The maximum absolute atomic E-state index is 11.7. The van der Waals surface area contributed by atoms with Gasteiger partial charge in [0.25, 0.3) is 0 Å². The van der Waals surface area contributed by atoms with E-state index >= 15 is 0 Å². The summed E-state index contributed by atoms with van der Waals surface area (Å²) in [4.78, 5) is 35.2. The predicted molar refractivity (Wildman–Crippen MR) is 60.4 cm³/mol. The number of hydrogen-bond acceptors (Lipinski definition) is 5. The fourth-order valence-electron chi connectivity index (χ4n) is 2.40. The number of carbonyl (C=O) groups excluding carboxylic acids is 3. The highest BCUT2D eigenvalue weighted by Crippen LogP contribution is 2.32. The molecule has 2 rings (SSSR count). The Morgan fingerprint density at radius 2 is 2.11 bits per heavy atom. The Morgan fingerprint density at radius 3 is 2.72 bits per heavy atom. The van der Waals surface area contributed by atoms with Gasteiger partial charge >= 0.3 is 11.9 Å². The predicted octanol–water partition coefficient (Wildman–Crippen LogP) is 0.0221. The van der Waals surface area contributed by atoms with Gasteiger partial charge in [0, 0.05) is 20.4 Å². The maximum atomic E-state index is 11.7. The first-order valence-corrected chi connectivity index (χ1v) is 5.78. The first-order chi connectivity index (χ1) is 8.49. The van der Waals surface area contributed by atoms with Gasteiger partial charge in [0.15, 0.2) is 0 Å². The molecule has 2 atom stereocenters. The normalized spacial score (nSPS) is 25.8. The molecule has 6 heteroatoms. The van der Waals surface area contributed by atoms with Crippen molar-refractivity contribution >= 4 is 17.8 Å². The number of hydrogen-bond donors (Lipinski definition) is 0. The van der Waals surface area contributed by atoms with Gasteiger partial charge in [-0.25, -0.2) is 0 Å². The maximum Gasteiger partial charge on any atom is 0.303 e. The standard InChI is InChI=1S/C12H15NO5/c1-7(14)17-6-9-3-4-13-11(16)5-10(12(9)13)18-8(2)15/h3,10,12H,4-6H2,1-2H3/t10-,12+/m0/s1. The van der Waals surface area contributed by atoms with E-state index in [4.69, 9.17) is 9.47 Å². The number of ether oxygens (including phenoxy) is 2. The van der Waals surface area contributed by atoms with Crippen molar-refractivity contribution in [1.29, 1.82) is 0 Å². The summed E-state index contributed by atoms with van der Waals surface area (Å²) >= 11 is 0. The molecule has 0 unspecified atom stereocenters. The van der Waals surface area contributed by atoms with Gasteiger partial charge in [0.2, 0.25) is 5.91 Å². The Bertz CT molecular complexity index is 426. The average molecular weight is 253 g/mol. The van der Waals surface area contributed by atoms with Crippen molar-refractivity contribution in [3.8, 4) is 0 Å². The lowest BCUT2D eigenvalue weighted by molar-refractivity contribution is -0.147. The number of fused-ring (bicyclic) bond motifs is 1. The van der Waals surface area contributed by atoms with Gasteiger partial charge in [-0.2, -0.15) is 0 Å². The molecule has 1 saturated heterocycles. The van der Waals surface area contributed by atoms with Crippen molar-refractivity contribution in [3.05, 3.63) is 11.6 Å². The molecule has 0 bridgehead atoms. The summed E-state index contributed by atoms with van der Waals surface area (Å²) < 4.78 is 10.1. The number of rotatable bonds is 3. The van der Waals surface area contributed by atoms with Gasteiger partial charge in [0.1, 0.15) is 12.7 Å². The SMILES string of the molecule is CC(=O)OCC1=CCN2C(=O)C[C@H](OC(C)=O)[C@@H]12. The molecule has 0 saturated carbocycles. The molecule has 0 aliphatic carbocycles. The van der Waals surface area contributed by atoms with Crippen LogP contribution < -0.4 is 0 Å². The summed E-state index contributed by atoms with van der Waals surface area (Å²) in [5, 5.41) is 0. The van der Waals surface area contributed by atoms with Crippen LogP contribution in [0.5, 0.6) is 0 Å². The number of amides is 1. The van der Waals surface area contributed by atoms with Crippen LogP contribution in [0.4, 0.5) is 0 Å². The van der Waals surface area contributed by atoms with Crippen LogP contribution in [0.3, 0.4) is 0 Å². The van der Waals surface area contributed by atoms with Gasteiger partial charge in [-0.15, -0.1) is 0 Å². The van der Waals surface area contributed by atoms with E-state index < -0.39 is 12.1 Å². The van der Waals surface area contributed by atoms with Crippen LogP contribution in [0, 0.1) is 0 Å². The van der Waals surface area contributed by atoms with Crippen molar-refractivity contribution in [2.45, 2.75) is 32.4 Å². The molecule has 18 heavy (non-hydrogen) atoms. The summed E-state index contributed by atoms with van der Waals surface area (Å²) in [6.45, 7) is 3.27. The fourth-order valence-corrected chi connectivity index (χ4v) is 2.40. The summed E-state index contributed by atoms with van der Waals surface area (Å²) in [6.07, 6.45) is 1.57. The molecule has 1 fully saturated rings. The Balaban J connectivity index is 2.07. The van der Waals surface area contributed by atoms with E-state index in [0.717, 1.165) is 5.57 Å². The second-order valence-corrected chi connectivity index (χ2v) is 4.40. The van der Waals surface area contributed by atoms with Gasteiger partial charge in [-0.3, -0.25) is 14.4 Å². The average Bonchev–Trinajstić information content (AvgIpc) is 2.78. The van der Waals surface area contributed by atoms with E-state index in [9.17, 15) is 14.4 Å². The fraction of sp³-hybridized carbons (Fsp3) is 0.583. The molecule has 0 aromatic rings. The molecule has 0 spiro atoms. The molecule has 2 heterocycles. The quantitative estimate of drug-likeness (QED) is 0.524. The van der Waals surface area contributed by atoms with Gasteiger partial charge in [-0.05, 0) is 5.57 Å². The van der Waals surface area contributed by atoms with Crippen molar-refractivity contribution in [2.75, 3.05) is 13.2 Å². The third-order valence-electron chi connectivity index (χ3n) is 3.07. The number of esters is 2. The van der Waals surface area contributed by atoms with E-state index in [0.29, 0.717) is 6.54 Å². The minimum atomic E-state index is -0.473. The molecule has 0 radical (unpaired) electrons. The summed E-state index contributed by atoms with van der Waals surface area (Å²) in [5.41, 5.74) is 0.822. The minimum Gasteiger partial charge on any atom is -0.461 e. The molecule has 0 aromatic heterocycles. The highest BCUT2D eigenvalue weighted by atomic mass is 16.5. The lowest BCUT2D eigenvalue weighted by Gasteiger charge is -2.23. The lowest BCUT2D eigenvalue weighted by Crippen LogP contribution is -2.36. The molecule has 2 aliphatic rings. The summed E-state index contributed by atoms with van der Waals surface area (Å²) in [6, 6.07) is -0.277. The molecule has 1 amide bonds. The number of carbonyl (C=O) groups is 3. The smallest absolute Gasteiger partial charge is 0.303 e. The Labute approximate surface area is 105 Å². The van der Waals surface area contributed by atoms with Crippen LogP contribution in [-0.2, 0) is 23.9 Å². The molecule has 6 nitrogen and oxygen atoms in total. The van der Waals surface area contributed by atoms with Crippen LogP contribution in [0.1, 0.15) is 20.3 Å². The third kappa shape index (κ3) is 2.37. The topological polar surface area (TPSA) is 72.9 Å². The third-order valence-corrected chi connectivity index (χ3v) is 3.07. The second-order valence-electron chi connectivity index (χ2n) is 4.40. The van der Waals surface area contributed by atoms with Crippen LogP contribution >= 0.6 is 0 Å². The zero-order chi connectivity index (χ0) is 13.3. The Kier molecular flexibility index (Phi) is 3.36. The van der Waals surface area contributed by atoms with Crippen LogP contribution in [0.2, 0.25) is 0 Å². The van der Waals surface area contributed by atoms with Crippen molar-refractivity contribution in [2.24, 2.45) is 0 Å². The van der Waals surface area contributed by atoms with Gasteiger partial charge in [0.05, 0.1) is 12.5 Å². The van der Waals surface area contributed by atoms with Crippen molar-refractivity contribution < 1.29 is 23.9 Å². The van der Waals surface area contributed by atoms with E-state index in [1.54, 1.807) is 4.90 Å². The van der Waals surface area contributed by atoms with Crippen LogP contribution in [-0.4, -0.2) is 48.0 Å². The second kappa shape index (κ2) is 4.80. The van der Waals surface area contributed by atoms with E-state index in [-0.39, 0.29) is 30.9 Å². The van der Waals surface area contributed by atoms with E-state index in [1.165, 1.54) is 13.8 Å². The largest absolute Gasteiger partial charge is 0.461 e. The van der Waals surface area contributed by atoms with Crippen molar-refractivity contribution in [1.82, 2.24) is 4.90 Å². The summed E-state index contributed by atoms with van der Waals surface area (Å²) in [5.74, 6) is -0.823. The highest BCUT2D eigenvalue weighted by Gasteiger charge is 2.46. The highest BCUT2D eigenvalue weighted by molar-refractivity contribution is 5.82. The first kappa shape index (κ1) is 12.6. The summed E-state index contributed by atoms with van der Waals surface area (Å²) in [7, 11) is 0. The van der Waals surface area contributed by atoms with Gasteiger partial charge < -0.3 is 14.4 Å². The van der Waals surface area contributed by atoms with Crippen LogP contribution in [0.15, 0.2) is 11.6 Å². The van der Waals surface area contributed by atoms with Crippen molar-refractivity contribution in [3.63, 3.8) is 0 Å². The molecular weight excluding hydrogens is 238 g/mol.